The van der Waals surface area contributed by atoms with Gasteiger partial charge in [-0.15, -0.1) is 0 Å². The molecule has 178 valence electrons. The summed E-state index contributed by atoms with van der Waals surface area (Å²) < 4.78 is 16.2. The Morgan fingerprint density at radius 2 is 1.41 bits per heavy atom. The van der Waals surface area contributed by atoms with E-state index in [1.165, 1.54) is 16.7 Å². The molecule has 0 atom stereocenters. The van der Waals surface area contributed by atoms with E-state index in [1.807, 2.05) is 11.0 Å². The molecule has 0 aliphatic carbocycles. The summed E-state index contributed by atoms with van der Waals surface area (Å²) in [6.45, 7) is 1.54. The first kappa shape index (κ1) is 23.7. The van der Waals surface area contributed by atoms with E-state index in [0.717, 1.165) is 38.8 Å². The van der Waals surface area contributed by atoms with E-state index in [-0.39, 0.29) is 5.91 Å². The normalized spacial score (nSPS) is 14.0. The van der Waals surface area contributed by atoms with E-state index >= 15 is 0 Å². The van der Waals surface area contributed by atoms with Gasteiger partial charge in [-0.2, -0.15) is 0 Å². The average Bonchev–Trinajstić information content (AvgIpc) is 2.91. The first-order valence-corrected chi connectivity index (χ1v) is 11.9. The van der Waals surface area contributed by atoms with Crippen LogP contribution in [0.3, 0.4) is 0 Å². The molecule has 0 N–H and O–H groups in total. The molecule has 3 aromatic carbocycles. The van der Waals surface area contributed by atoms with Crippen molar-refractivity contribution < 1.29 is 19.0 Å². The summed E-state index contributed by atoms with van der Waals surface area (Å²) >= 11 is 0. The Morgan fingerprint density at radius 3 is 1.97 bits per heavy atom. The number of nitrogens with zero attached hydrogens (tertiary/aromatic N) is 1. The zero-order valence-electron chi connectivity index (χ0n) is 20.3. The van der Waals surface area contributed by atoms with Crippen molar-refractivity contribution in [2.24, 2.45) is 5.92 Å². The predicted octanol–water partition coefficient (Wildman–Crippen LogP) is 5.86. The molecule has 5 heteroatoms. The number of amides is 1. The molecule has 4 rings (SSSR count). The van der Waals surface area contributed by atoms with E-state index in [9.17, 15) is 4.79 Å². The highest BCUT2D eigenvalue weighted by atomic mass is 16.5. The fourth-order valence-electron chi connectivity index (χ4n) is 4.68. The SMILES string of the molecule is COc1cc(C(=O)N2CCC(CCc3ccc(-c4ccccc4)cc3)CC2)cc(OC)c1OC. The molecule has 0 saturated carbocycles. The highest BCUT2D eigenvalue weighted by molar-refractivity contribution is 5.95. The zero-order chi connectivity index (χ0) is 23.9. The van der Waals surface area contributed by atoms with Gasteiger partial charge in [0.05, 0.1) is 21.3 Å². The van der Waals surface area contributed by atoms with Gasteiger partial charge in [-0.25, -0.2) is 0 Å². The van der Waals surface area contributed by atoms with Crippen molar-refractivity contribution in [3.8, 4) is 28.4 Å². The van der Waals surface area contributed by atoms with Gasteiger partial charge in [-0.1, -0.05) is 54.6 Å². The minimum absolute atomic E-state index is 0.00852. The molecule has 0 unspecified atom stereocenters. The smallest absolute Gasteiger partial charge is 0.254 e. The van der Waals surface area contributed by atoms with Crippen LogP contribution in [0.5, 0.6) is 17.2 Å². The van der Waals surface area contributed by atoms with E-state index in [2.05, 4.69) is 48.5 Å². The van der Waals surface area contributed by atoms with Crippen molar-refractivity contribution in [1.82, 2.24) is 4.90 Å². The van der Waals surface area contributed by atoms with Gasteiger partial charge in [0.15, 0.2) is 11.5 Å². The molecule has 0 aromatic heterocycles. The molecule has 3 aromatic rings. The molecule has 34 heavy (non-hydrogen) atoms. The third kappa shape index (κ3) is 5.36. The molecule has 1 aliphatic rings. The molecular formula is C29H33NO4. The number of ether oxygens (including phenoxy) is 3. The summed E-state index contributed by atoms with van der Waals surface area (Å²) in [6.07, 6.45) is 4.27. The van der Waals surface area contributed by atoms with Gasteiger partial charge >= 0.3 is 0 Å². The first-order valence-electron chi connectivity index (χ1n) is 11.9. The van der Waals surface area contributed by atoms with E-state index < -0.39 is 0 Å². The lowest BCUT2D eigenvalue weighted by atomic mass is 9.90. The molecule has 0 radical (unpaired) electrons. The Balaban J connectivity index is 1.31. The van der Waals surface area contributed by atoms with Crippen LogP contribution in [0.15, 0.2) is 66.7 Å². The molecule has 1 fully saturated rings. The Morgan fingerprint density at radius 1 is 0.824 bits per heavy atom. The number of methoxy groups -OCH3 is 3. The topological polar surface area (TPSA) is 48.0 Å². The third-order valence-electron chi connectivity index (χ3n) is 6.72. The lowest BCUT2D eigenvalue weighted by Crippen LogP contribution is -2.38. The lowest BCUT2D eigenvalue weighted by molar-refractivity contribution is 0.0686. The van der Waals surface area contributed by atoms with Crippen LogP contribution in [0, 0.1) is 5.92 Å². The summed E-state index contributed by atoms with van der Waals surface area (Å²) in [4.78, 5) is 15.1. The maximum Gasteiger partial charge on any atom is 0.254 e. The Kier molecular flexibility index (Phi) is 7.73. The quantitative estimate of drug-likeness (QED) is 0.423. The number of likely N-dealkylation sites (tertiary alicyclic amines) is 1. The minimum atomic E-state index is 0.00852. The zero-order valence-corrected chi connectivity index (χ0v) is 20.3. The minimum Gasteiger partial charge on any atom is -0.493 e. The molecule has 1 aliphatic heterocycles. The number of aryl methyl sites for hydroxylation is 1. The molecule has 0 spiro atoms. The van der Waals surface area contributed by atoms with Crippen molar-refractivity contribution in [1.29, 1.82) is 0 Å². The maximum atomic E-state index is 13.1. The van der Waals surface area contributed by atoms with Crippen LogP contribution in [0.2, 0.25) is 0 Å². The molecular weight excluding hydrogens is 426 g/mol. The number of hydrogen-bond donors (Lipinski definition) is 0. The fraction of sp³-hybridized carbons (Fsp3) is 0.345. The molecule has 1 saturated heterocycles. The van der Waals surface area contributed by atoms with Gasteiger partial charge in [0.1, 0.15) is 0 Å². The Bertz CT molecular complexity index is 1060. The first-order chi connectivity index (χ1) is 16.6. The lowest BCUT2D eigenvalue weighted by Gasteiger charge is -2.32. The van der Waals surface area contributed by atoms with Gasteiger partial charge in [-0.05, 0) is 60.4 Å². The van der Waals surface area contributed by atoms with Crippen molar-refractivity contribution in [3.63, 3.8) is 0 Å². The van der Waals surface area contributed by atoms with Crippen LogP contribution < -0.4 is 14.2 Å². The number of hydrogen-bond acceptors (Lipinski definition) is 4. The highest BCUT2D eigenvalue weighted by Crippen LogP contribution is 2.38. The van der Waals surface area contributed by atoms with Gasteiger partial charge in [0.25, 0.3) is 5.91 Å². The van der Waals surface area contributed by atoms with Crippen LogP contribution in [-0.4, -0.2) is 45.2 Å². The fourth-order valence-corrected chi connectivity index (χ4v) is 4.68. The number of carbonyl (C=O) groups is 1. The molecule has 0 bridgehead atoms. The van der Waals surface area contributed by atoms with Gasteiger partial charge in [0.2, 0.25) is 5.75 Å². The third-order valence-corrected chi connectivity index (χ3v) is 6.72. The second kappa shape index (κ2) is 11.1. The summed E-state index contributed by atoms with van der Waals surface area (Å²) in [5, 5.41) is 0. The summed E-state index contributed by atoms with van der Waals surface area (Å²) in [7, 11) is 4.68. The standard InChI is InChI=1S/C29H33NO4/c1-32-26-19-25(20-27(33-2)28(26)34-3)29(31)30-17-15-22(16-18-30)10-9-21-11-13-24(14-12-21)23-7-5-4-6-8-23/h4-8,11-14,19-20,22H,9-10,15-18H2,1-3H3. The van der Waals surface area contributed by atoms with E-state index in [4.69, 9.17) is 14.2 Å². The number of rotatable bonds is 8. The van der Waals surface area contributed by atoms with Crippen molar-refractivity contribution in [2.75, 3.05) is 34.4 Å². The van der Waals surface area contributed by atoms with Crippen LogP contribution >= 0.6 is 0 Å². The maximum absolute atomic E-state index is 13.1. The van der Waals surface area contributed by atoms with Gasteiger partial charge in [0, 0.05) is 18.7 Å². The van der Waals surface area contributed by atoms with Crippen LogP contribution in [0.4, 0.5) is 0 Å². The second-order valence-electron chi connectivity index (χ2n) is 8.75. The summed E-state index contributed by atoms with van der Waals surface area (Å²) in [6, 6.07) is 22.8. The molecule has 1 heterocycles. The monoisotopic (exact) mass is 459 g/mol. The summed E-state index contributed by atoms with van der Waals surface area (Å²) in [5.74, 6) is 2.14. The van der Waals surface area contributed by atoms with Crippen LogP contribution in [-0.2, 0) is 6.42 Å². The van der Waals surface area contributed by atoms with E-state index in [0.29, 0.717) is 28.7 Å². The number of benzene rings is 3. The Hall–Kier alpha value is -3.47. The van der Waals surface area contributed by atoms with Crippen LogP contribution in [0.25, 0.3) is 11.1 Å². The summed E-state index contributed by atoms with van der Waals surface area (Å²) in [5.41, 5.74) is 4.43. The van der Waals surface area contributed by atoms with Crippen molar-refractivity contribution in [2.45, 2.75) is 25.7 Å². The van der Waals surface area contributed by atoms with Crippen LogP contribution in [0.1, 0.15) is 35.2 Å². The molecule has 1 amide bonds. The van der Waals surface area contributed by atoms with Gasteiger partial charge < -0.3 is 19.1 Å². The largest absolute Gasteiger partial charge is 0.493 e. The van der Waals surface area contributed by atoms with Gasteiger partial charge in [-0.3, -0.25) is 4.79 Å². The number of carbonyl (C=O) groups excluding carboxylic acids is 1. The van der Waals surface area contributed by atoms with Crippen molar-refractivity contribution >= 4 is 5.91 Å². The average molecular weight is 460 g/mol. The van der Waals surface area contributed by atoms with Crippen molar-refractivity contribution in [3.05, 3.63) is 77.9 Å². The predicted molar refractivity (Wildman–Crippen MR) is 135 cm³/mol. The van der Waals surface area contributed by atoms with E-state index in [1.54, 1.807) is 33.5 Å². The molecule has 5 nitrogen and oxygen atoms in total. The Labute approximate surface area is 202 Å². The highest BCUT2D eigenvalue weighted by Gasteiger charge is 2.25. The number of piperidine rings is 1. The second-order valence-corrected chi connectivity index (χ2v) is 8.75.